The number of unbranched alkanes of at least 4 members (excludes halogenated alkanes) is 1. The number of carbonyl (C=O) groups is 1. The minimum absolute atomic E-state index is 0.128. The van der Waals surface area contributed by atoms with Gasteiger partial charge < -0.3 is 15.0 Å². The number of ether oxygens (including phenoxy) is 1. The second-order valence-electron chi connectivity index (χ2n) is 11.0. The number of anilines is 1. The van der Waals surface area contributed by atoms with E-state index in [1.165, 1.54) is 53.1 Å². The molecule has 1 saturated heterocycles. The molecule has 0 bridgehead atoms. The molecular formula is C33H34F4N6O2S. The molecule has 13 heteroatoms. The topological polar surface area (TPSA) is 84.6 Å². The minimum Gasteiger partial charge on any atom is -0.406 e. The van der Waals surface area contributed by atoms with E-state index in [0.29, 0.717) is 23.2 Å². The SMILES string of the molecule is CC(C)c1cc(F)ccc1N1CCCSC1=NC(=O)NCCCCc1ccc(-c2ncn(-c3ccc(OC(F)(F)F)cc3)n2)cc1. The molecule has 0 saturated carbocycles. The average Bonchev–Trinajstić information content (AvgIpc) is 3.52. The molecule has 0 aliphatic carbocycles. The smallest absolute Gasteiger partial charge is 0.406 e. The van der Waals surface area contributed by atoms with Crippen LogP contribution in [0.2, 0.25) is 0 Å². The van der Waals surface area contributed by atoms with E-state index < -0.39 is 6.36 Å². The van der Waals surface area contributed by atoms with E-state index in [-0.39, 0.29) is 23.5 Å². The summed E-state index contributed by atoms with van der Waals surface area (Å²) in [5.41, 5.74) is 4.26. The van der Waals surface area contributed by atoms with Crippen LogP contribution in [0.3, 0.4) is 0 Å². The first-order valence-corrected chi connectivity index (χ1v) is 16.0. The van der Waals surface area contributed by atoms with Crippen molar-refractivity contribution in [3.8, 4) is 22.8 Å². The molecule has 0 radical (unpaired) electrons. The third-order valence-corrected chi connectivity index (χ3v) is 8.36. The van der Waals surface area contributed by atoms with Gasteiger partial charge in [-0.3, -0.25) is 0 Å². The average molecular weight is 655 g/mol. The van der Waals surface area contributed by atoms with Crippen LogP contribution in [0.1, 0.15) is 50.2 Å². The summed E-state index contributed by atoms with van der Waals surface area (Å²) < 4.78 is 56.5. The number of thioether (sulfide) groups is 1. The maximum Gasteiger partial charge on any atom is 0.573 e. The summed E-state index contributed by atoms with van der Waals surface area (Å²) in [6.45, 7) is 5.26. The van der Waals surface area contributed by atoms with Crippen molar-refractivity contribution in [3.63, 3.8) is 0 Å². The maximum atomic E-state index is 13.9. The number of aromatic nitrogens is 3. The number of hydrogen-bond donors (Lipinski definition) is 1. The highest BCUT2D eigenvalue weighted by molar-refractivity contribution is 8.14. The van der Waals surface area contributed by atoms with E-state index in [4.69, 9.17) is 0 Å². The fourth-order valence-electron chi connectivity index (χ4n) is 5.03. The van der Waals surface area contributed by atoms with Crippen molar-refractivity contribution in [2.24, 2.45) is 4.99 Å². The van der Waals surface area contributed by atoms with Crippen LogP contribution in [0.25, 0.3) is 17.1 Å². The van der Waals surface area contributed by atoms with Crippen LogP contribution in [0.4, 0.5) is 28.0 Å². The lowest BCUT2D eigenvalue weighted by Crippen LogP contribution is -2.36. The van der Waals surface area contributed by atoms with Crippen molar-refractivity contribution in [1.82, 2.24) is 20.1 Å². The lowest BCUT2D eigenvalue weighted by Gasteiger charge is -2.32. The number of aliphatic imine (C=N–C) groups is 1. The molecule has 46 heavy (non-hydrogen) atoms. The van der Waals surface area contributed by atoms with Gasteiger partial charge in [0.1, 0.15) is 17.9 Å². The minimum atomic E-state index is -4.75. The molecule has 2 heterocycles. The highest BCUT2D eigenvalue weighted by atomic mass is 32.2. The first-order valence-electron chi connectivity index (χ1n) is 15.0. The number of benzene rings is 3. The number of nitrogens with one attached hydrogen (secondary N) is 1. The van der Waals surface area contributed by atoms with E-state index >= 15 is 0 Å². The van der Waals surface area contributed by atoms with E-state index in [0.717, 1.165) is 60.4 Å². The van der Waals surface area contributed by atoms with Gasteiger partial charge in [0.25, 0.3) is 0 Å². The molecular weight excluding hydrogens is 620 g/mol. The van der Waals surface area contributed by atoms with Gasteiger partial charge >= 0.3 is 12.4 Å². The fraction of sp³-hybridized carbons (Fsp3) is 0.333. The van der Waals surface area contributed by atoms with Crippen molar-refractivity contribution in [1.29, 1.82) is 0 Å². The van der Waals surface area contributed by atoms with Crippen LogP contribution in [0.15, 0.2) is 78.0 Å². The number of amides is 2. The predicted molar refractivity (Wildman–Crippen MR) is 172 cm³/mol. The third kappa shape index (κ3) is 8.87. The molecule has 2 amide bonds. The number of amidine groups is 1. The number of carbonyl (C=O) groups excluding carboxylic acids is 1. The molecule has 0 spiro atoms. The number of nitrogens with zero attached hydrogens (tertiary/aromatic N) is 5. The number of alkyl halides is 3. The van der Waals surface area contributed by atoms with Gasteiger partial charge in [0.05, 0.1) is 5.69 Å². The Morgan fingerprint density at radius 3 is 2.54 bits per heavy atom. The van der Waals surface area contributed by atoms with Crippen molar-refractivity contribution in [2.45, 2.75) is 51.8 Å². The largest absolute Gasteiger partial charge is 0.573 e. The van der Waals surface area contributed by atoms with Crippen LogP contribution >= 0.6 is 11.8 Å². The number of hydrogen-bond acceptors (Lipinski definition) is 5. The maximum absolute atomic E-state index is 13.9. The zero-order chi connectivity index (χ0) is 32.7. The summed E-state index contributed by atoms with van der Waals surface area (Å²) in [7, 11) is 0. The monoisotopic (exact) mass is 654 g/mol. The first-order chi connectivity index (χ1) is 22.1. The first kappa shape index (κ1) is 33.0. The van der Waals surface area contributed by atoms with Crippen molar-refractivity contribution in [3.05, 3.63) is 90.0 Å². The summed E-state index contributed by atoms with van der Waals surface area (Å²) in [5, 5.41) is 7.96. The normalized spacial score (nSPS) is 14.6. The summed E-state index contributed by atoms with van der Waals surface area (Å²) in [6.07, 6.45) is 0.169. The zero-order valence-corrected chi connectivity index (χ0v) is 26.2. The predicted octanol–water partition coefficient (Wildman–Crippen LogP) is 8.13. The van der Waals surface area contributed by atoms with Crippen LogP contribution < -0.4 is 15.0 Å². The van der Waals surface area contributed by atoms with Gasteiger partial charge in [-0.05, 0) is 85.2 Å². The van der Waals surface area contributed by atoms with E-state index in [1.807, 2.05) is 43.0 Å². The second-order valence-corrected chi connectivity index (χ2v) is 12.1. The molecule has 1 aliphatic heterocycles. The Morgan fingerprint density at radius 1 is 1.07 bits per heavy atom. The Hall–Kier alpha value is -4.39. The van der Waals surface area contributed by atoms with Gasteiger partial charge in [-0.15, -0.1) is 18.3 Å². The summed E-state index contributed by atoms with van der Waals surface area (Å²) in [4.78, 5) is 23.4. The van der Waals surface area contributed by atoms with Crippen LogP contribution in [-0.2, 0) is 6.42 Å². The Morgan fingerprint density at radius 2 is 1.83 bits per heavy atom. The quantitative estimate of drug-likeness (QED) is 0.137. The van der Waals surface area contributed by atoms with Gasteiger partial charge in [0, 0.05) is 30.1 Å². The molecule has 1 fully saturated rings. The number of rotatable bonds is 10. The number of urea groups is 1. The van der Waals surface area contributed by atoms with Gasteiger partial charge in [-0.25, -0.2) is 18.9 Å². The van der Waals surface area contributed by atoms with E-state index in [2.05, 4.69) is 25.1 Å². The highest BCUT2D eigenvalue weighted by Gasteiger charge is 2.31. The lowest BCUT2D eigenvalue weighted by atomic mass is 10.00. The zero-order valence-electron chi connectivity index (χ0n) is 25.4. The van der Waals surface area contributed by atoms with Crippen LogP contribution in [-0.4, -0.2) is 51.2 Å². The third-order valence-electron chi connectivity index (χ3n) is 7.29. The van der Waals surface area contributed by atoms with Crippen molar-refractivity contribution >= 4 is 28.6 Å². The Bertz CT molecular complexity index is 1660. The van der Waals surface area contributed by atoms with Gasteiger partial charge in [0.2, 0.25) is 0 Å². The van der Waals surface area contributed by atoms with Crippen molar-refractivity contribution in [2.75, 3.05) is 23.7 Å². The molecule has 5 rings (SSSR count). The van der Waals surface area contributed by atoms with E-state index in [9.17, 15) is 22.4 Å². The molecule has 1 aliphatic rings. The molecule has 1 aromatic heterocycles. The summed E-state index contributed by atoms with van der Waals surface area (Å²) >= 11 is 1.53. The lowest BCUT2D eigenvalue weighted by molar-refractivity contribution is -0.274. The number of aryl methyl sites for hydroxylation is 1. The van der Waals surface area contributed by atoms with Crippen LogP contribution in [0, 0.1) is 5.82 Å². The molecule has 1 N–H and O–H groups in total. The Labute approximate surface area is 268 Å². The highest BCUT2D eigenvalue weighted by Crippen LogP contribution is 2.33. The van der Waals surface area contributed by atoms with Gasteiger partial charge in [-0.2, -0.15) is 4.99 Å². The molecule has 3 aromatic carbocycles. The van der Waals surface area contributed by atoms with Crippen molar-refractivity contribution < 1.29 is 27.1 Å². The molecule has 8 nitrogen and oxygen atoms in total. The molecule has 0 unspecified atom stereocenters. The molecule has 0 atom stereocenters. The van der Waals surface area contributed by atoms with E-state index in [1.54, 1.807) is 12.1 Å². The second kappa shape index (κ2) is 14.8. The summed E-state index contributed by atoms with van der Waals surface area (Å²) in [6, 6.07) is 17.6. The fourth-order valence-corrected chi connectivity index (χ4v) is 5.97. The van der Waals surface area contributed by atoms with Crippen LogP contribution in [0.5, 0.6) is 5.75 Å². The van der Waals surface area contributed by atoms with Gasteiger partial charge in [0.15, 0.2) is 11.0 Å². The molecule has 242 valence electrons. The molecule has 4 aromatic rings. The Balaban J connectivity index is 1.09. The Kier molecular flexibility index (Phi) is 10.6. The standard InChI is InChI=1S/C33H34F4N6O2S/c1-22(2)28-20-25(34)11-16-29(28)42-18-5-19-46-32(42)40-31(44)38-17-4-3-6-23-7-9-24(10-8-23)30-39-21-43(41-30)26-12-14-27(15-13-26)45-33(35,36)37/h7-16,20-22H,3-6,17-19H2,1-2H3,(H,38,44). The summed E-state index contributed by atoms with van der Waals surface area (Å²) in [5.74, 6) is 0.902. The van der Waals surface area contributed by atoms with Gasteiger partial charge in [-0.1, -0.05) is 49.9 Å². The number of halogens is 4.